The van der Waals surface area contributed by atoms with Crippen molar-refractivity contribution in [2.24, 2.45) is 11.7 Å². The molecule has 0 fully saturated rings. The summed E-state index contributed by atoms with van der Waals surface area (Å²) in [7, 11) is 0. The molecule has 1 aliphatic carbocycles. The quantitative estimate of drug-likeness (QED) is 0.385. The predicted molar refractivity (Wildman–Crippen MR) is 110 cm³/mol. The van der Waals surface area contributed by atoms with E-state index in [4.69, 9.17) is 10.5 Å². The van der Waals surface area contributed by atoms with Crippen LogP contribution in [0, 0.1) is 16.0 Å². The molecule has 9 heteroatoms. The van der Waals surface area contributed by atoms with Gasteiger partial charge in [-0.1, -0.05) is 19.1 Å². The van der Waals surface area contributed by atoms with Gasteiger partial charge in [-0.3, -0.25) is 19.7 Å². The molecule has 1 atom stereocenters. The van der Waals surface area contributed by atoms with Gasteiger partial charge in [0.15, 0.2) is 5.75 Å². The average molecular weight is 417 g/mol. The zero-order chi connectivity index (χ0) is 21.0. The number of carbonyl (C=O) groups is 2. The summed E-state index contributed by atoms with van der Waals surface area (Å²) in [5, 5.41) is 14.3. The molecule has 0 radical (unpaired) electrons. The summed E-state index contributed by atoms with van der Waals surface area (Å²) in [6.45, 7) is 2.33. The van der Waals surface area contributed by atoms with Crippen LogP contribution in [0.5, 0.6) is 5.75 Å². The van der Waals surface area contributed by atoms with E-state index < -0.39 is 10.8 Å². The Morgan fingerprint density at radius 2 is 2.14 bits per heavy atom. The standard InChI is InChI=1S/C20H23N3O5S/c1-12-8-9-13-16(11-12)29-20(18(13)19(21)25)22-17(24)7-4-10-28-15-6-3-2-5-14(15)23(26)27/h2-3,5-6,12H,4,7-11H2,1H3,(H2,21,25)(H,22,24). The van der Waals surface area contributed by atoms with E-state index in [0.717, 1.165) is 29.7 Å². The molecule has 8 nitrogen and oxygen atoms in total. The lowest BCUT2D eigenvalue weighted by molar-refractivity contribution is -0.385. The monoisotopic (exact) mass is 417 g/mol. The molecule has 3 rings (SSSR count). The van der Waals surface area contributed by atoms with Crippen LogP contribution in [0.2, 0.25) is 0 Å². The van der Waals surface area contributed by atoms with Crippen molar-refractivity contribution >= 4 is 33.8 Å². The Balaban J connectivity index is 1.57. The van der Waals surface area contributed by atoms with Crippen molar-refractivity contribution in [3.05, 3.63) is 50.4 Å². The van der Waals surface area contributed by atoms with Crippen molar-refractivity contribution in [3.63, 3.8) is 0 Å². The van der Waals surface area contributed by atoms with Crippen molar-refractivity contribution in [3.8, 4) is 5.75 Å². The number of ether oxygens (including phenoxy) is 1. The lowest BCUT2D eigenvalue weighted by Crippen LogP contribution is -2.19. The SMILES string of the molecule is CC1CCc2c(sc(NC(=O)CCCOc3ccccc3[N+](=O)[O-])c2C(N)=O)C1. The third kappa shape index (κ3) is 4.92. The van der Waals surface area contributed by atoms with Crippen molar-refractivity contribution in [2.75, 3.05) is 11.9 Å². The van der Waals surface area contributed by atoms with Crippen molar-refractivity contribution in [1.82, 2.24) is 0 Å². The average Bonchev–Trinajstić information content (AvgIpc) is 3.02. The number of hydrogen-bond donors (Lipinski definition) is 2. The van der Waals surface area contributed by atoms with Gasteiger partial charge in [0.2, 0.25) is 5.91 Å². The number of hydrogen-bond acceptors (Lipinski definition) is 6. The minimum absolute atomic E-state index is 0.110. The van der Waals surface area contributed by atoms with Gasteiger partial charge in [-0.05, 0) is 43.2 Å². The second-order valence-electron chi connectivity index (χ2n) is 7.15. The molecule has 2 amide bonds. The molecule has 1 aromatic carbocycles. The van der Waals surface area contributed by atoms with Gasteiger partial charge < -0.3 is 15.8 Å². The van der Waals surface area contributed by atoms with Gasteiger partial charge in [-0.15, -0.1) is 11.3 Å². The Bertz CT molecular complexity index is 940. The Kier molecular flexibility index (Phi) is 6.48. The first kappa shape index (κ1) is 20.8. The number of nitro benzene ring substituents is 1. The zero-order valence-corrected chi connectivity index (χ0v) is 16.9. The van der Waals surface area contributed by atoms with Gasteiger partial charge >= 0.3 is 5.69 Å². The Morgan fingerprint density at radius 1 is 1.38 bits per heavy atom. The van der Waals surface area contributed by atoms with Crippen molar-refractivity contribution in [1.29, 1.82) is 0 Å². The highest BCUT2D eigenvalue weighted by Crippen LogP contribution is 2.39. The number of nitrogens with zero attached hydrogens (tertiary/aromatic N) is 1. The lowest BCUT2D eigenvalue weighted by Gasteiger charge is -2.18. The molecule has 0 saturated heterocycles. The van der Waals surface area contributed by atoms with Crippen molar-refractivity contribution < 1.29 is 19.2 Å². The summed E-state index contributed by atoms with van der Waals surface area (Å²) in [6.07, 6.45) is 3.23. The van der Waals surface area contributed by atoms with Gasteiger partial charge in [-0.2, -0.15) is 0 Å². The number of primary amides is 1. The van der Waals surface area contributed by atoms with Gasteiger partial charge in [0, 0.05) is 17.4 Å². The van der Waals surface area contributed by atoms with E-state index >= 15 is 0 Å². The molecule has 3 N–H and O–H groups in total. The molecular weight excluding hydrogens is 394 g/mol. The second kappa shape index (κ2) is 9.04. The molecule has 0 spiro atoms. The maximum atomic E-state index is 12.3. The fourth-order valence-electron chi connectivity index (χ4n) is 3.43. The number of amides is 2. The normalized spacial score (nSPS) is 15.4. The first-order valence-corrected chi connectivity index (χ1v) is 10.3. The van der Waals surface area contributed by atoms with Crippen LogP contribution in [0.3, 0.4) is 0 Å². The second-order valence-corrected chi connectivity index (χ2v) is 8.25. The van der Waals surface area contributed by atoms with Crippen LogP contribution in [0.1, 0.15) is 47.0 Å². The van der Waals surface area contributed by atoms with Gasteiger partial charge in [0.25, 0.3) is 5.91 Å². The Morgan fingerprint density at radius 3 is 2.86 bits per heavy atom. The summed E-state index contributed by atoms with van der Waals surface area (Å²) in [6, 6.07) is 6.11. The van der Waals surface area contributed by atoms with E-state index in [1.54, 1.807) is 12.1 Å². The summed E-state index contributed by atoms with van der Waals surface area (Å²) in [5.41, 5.74) is 6.85. The van der Waals surface area contributed by atoms with Gasteiger partial charge in [-0.25, -0.2) is 0 Å². The van der Waals surface area contributed by atoms with E-state index in [9.17, 15) is 19.7 Å². The van der Waals surface area contributed by atoms with Gasteiger partial charge in [0.1, 0.15) is 5.00 Å². The topological polar surface area (TPSA) is 125 Å². The number of nitrogens with two attached hydrogens (primary N) is 1. The number of rotatable bonds is 8. The highest BCUT2D eigenvalue weighted by molar-refractivity contribution is 7.17. The molecule has 1 aliphatic rings. The van der Waals surface area contributed by atoms with Crippen molar-refractivity contribution in [2.45, 2.75) is 39.0 Å². The number of para-hydroxylation sites is 2. The molecule has 2 aromatic rings. The molecule has 29 heavy (non-hydrogen) atoms. The number of fused-ring (bicyclic) bond motifs is 1. The van der Waals surface area contributed by atoms with E-state index in [1.165, 1.54) is 23.5 Å². The largest absolute Gasteiger partial charge is 0.487 e. The lowest BCUT2D eigenvalue weighted by atomic mass is 9.88. The van der Waals surface area contributed by atoms with Crippen LogP contribution < -0.4 is 15.8 Å². The van der Waals surface area contributed by atoms with Crippen LogP contribution in [0.4, 0.5) is 10.7 Å². The smallest absolute Gasteiger partial charge is 0.310 e. The Hall–Kier alpha value is -2.94. The zero-order valence-electron chi connectivity index (χ0n) is 16.1. The number of nitrogens with one attached hydrogen (secondary N) is 1. The fraction of sp³-hybridized carbons (Fsp3) is 0.400. The van der Waals surface area contributed by atoms with E-state index in [2.05, 4.69) is 12.2 Å². The molecule has 154 valence electrons. The van der Waals surface area contributed by atoms with Crippen LogP contribution >= 0.6 is 11.3 Å². The molecule has 0 aliphatic heterocycles. The molecule has 1 aromatic heterocycles. The minimum Gasteiger partial charge on any atom is -0.487 e. The first-order valence-electron chi connectivity index (χ1n) is 9.47. The maximum Gasteiger partial charge on any atom is 0.310 e. The summed E-state index contributed by atoms with van der Waals surface area (Å²) in [5.74, 6) is -0.0454. The van der Waals surface area contributed by atoms with Crippen LogP contribution in [0.25, 0.3) is 0 Å². The predicted octanol–water partition coefficient (Wildman–Crippen LogP) is 3.68. The fourth-order valence-corrected chi connectivity index (χ4v) is 4.87. The minimum atomic E-state index is -0.521. The maximum absolute atomic E-state index is 12.3. The number of carbonyl (C=O) groups excluding carboxylic acids is 2. The third-order valence-electron chi connectivity index (χ3n) is 4.88. The summed E-state index contributed by atoms with van der Waals surface area (Å²) < 4.78 is 5.45. The highest BCUT2D eigenvalue weighted by Gasteiger charge is 2.27. The molecular formula is C20H23N3O5S. The van der Waals surface area contributed by atoms with Crippen LogP contribution in [-0.4, -0.2) is 23.3 Å². The number of anilines is 1. The molecule has 1 heterocycles. The molecule has 0 bridgehead atoms. The Labute approximate surface area is 172 Å². The van der Waals surface area contributed by atoms with Crippen LogP contribution in [0.15, 0.2) is 24.3 Å². The molecule has 0 saturated carbocycles. The molecule has 1 unspecified atom stereocenters. The number of nitro groups is 1. The van der Waals surface area contributed by atoms with E-state index in [0.29, 0.717) is 22.9 Å². The van der Waals surface area contributed by atoms with E-state index in [1.807, 2.05) is 0 Å². The number of benzene rings is 1. The van der Waals surface area contributed by atoms with Gasteiger partial charge in [0.05, 0.1) is 17.1 Å². The summed E-state index contributed by atoms with van der Waals surface area (Å²) >= 11 is 1.42. The third-order valence-corrected chi connectivity index (χ3v) is 6.05. The highest BCUT2D eigenvalue weighted by atomic mass is 32.1. The summed E-state index contributed by atoms with van der Waals surface area (Å²) in [4.78, 5) is 35.8. The first-order chi connectivity index (χ1) is 13.9. The number of thiophene rings is 1. The van der Waals surface area contributed by atoms with E-state index in [-0.39, 0.29) is 30.4 Å². The van der Waals surface area contributed by atoms with Crippen LogP contribution in [-0.2, 0) is 17.6 Å².